The van der Waals surface area contributed by atoms with Crippen LogP contribution >= 0.6 is 0 Å². The molecule has 0 rings (SSSR count). The molecule has 0 fully saturated rings. The van der Waals surface area contributed by atoms with Crippen LogP contribution in [0.2, 0.25) is 0 Å². The monoisotopic (exact) mass is 507 g/mol. The van der Waals surface area contributed by atoms with Gasteiger partial charge in [0.05, 0.1) is 0 Å². The molecule has 0 aliphatic rings. The Labute approximate surface area is 173 Å². The number of hydrogen-bond acceptors (Lipinski definition) is 1. The van der Waals surface area contributed by atoms with Crippen LogP contribution in [0.4, 0.5) is 0 Å². The summed E-state index contributed by atoms with van der Waals surface area (Å²) in [7, 11) is 0. The molecule has 0 aromatic carbocycles. The average Bonchev–Trinajstić information content (AvgIpc) is 2.43. The first-order valence-electron chi connectivity index (χ1n) is 8.99. The summed E-state index contributed by atoms with van der Waals surface area (Å²) in [5, 5.41) is 8.52. The Bertz CT molecular complexity index is 223. The van der Waals surface area contributed by atoms with E-state index < -0.39 is 5.97 Å². The molecule has 1 N–H and O–H groups in total. The van der Waals surface area contributed by atoms with Crippen molar-refractivity contribution in [2.24, 2.45) is 0 Å². The third-order valence-electron chi connectivity index (χ3n) is 3.99. The van der Waals surface area contributed by atoms with Crippen molar-refractivity contribution < 1.29 is 35.1 Å². The van der Waals surface area contributed by atoms with Crippen LogP contribution in [-0.4, -0.2) is 34.1 Å². The number of carbonyl (C=O) groups is 1. The summed E-state index contributed by atoms with van der Waals surface area (Å²) in [6.07, 6.45) is 20.2. The van der Waals surface area contributed by atoms with E-state index in [0.29, 0.717) is 6.42 Å². The topological polar surface area (TPSA) is 37.3 Å². The molecule has 0 unspecified atom stereocenters. The molecular weight excluding hydrogens is 469 g/mol. The third-order valence-corrected chi connectivity index (χ3v) is 3.99. The van der Waals surface area contributed by atoms with Crippen LogP contribution in [0, 0.1) is 0 Å². The summed E-state index contributed by atoms with van der Waals surface area (Å²) in [5.74, 6) is -0.653. The SMILES string of the molecule is CCCCCCCCCCCCCCCCCC(=O)O.[Au].[H-].[H-].[Mg+2]. The average molecular weight is 508 g/mol. The van der Waals surface area contributed by atoms with Gasteiger partial charge in [-0.3, -0.25) is 4.79 Å². The van der Waals surface area contributed by atoms with Crippen molar-refractivity contribution in [3.05, 3.63) is 0 Å². The second-order valence-electron chi connectivity index (χ2n) is 6.09. The predicted octanol–water partition coefficient (Wildman–Crippen LogP) is 6.17. The third kappa shape index (κ3) is 25.9. The van der Waals surface area contributed by atoms with Gasteiger partial charge in [-0.05, 0) is 6.42 Å². The Morgan fingerprint density at radius 3 is 1.23 bits per heavy atom. The largest absolute Gasteiger partial charge is 2.00 e. The van der Waals surface area contributed by atoms with E-state index in [4.69, 9.17) is 5.11 Å². The molecule has 0 saturated heterocycles. The number of rotatable bonds is 16. The van der Waals surface area contributed by atoms with Crippen LogP contribution in [0.5, 0.6) is 0 Å². The number of hydrogen-bond donors (Lipinski definition) is 1. The van der Waals surface area contributed by atoms with Crippen molar-refractivity contribution in [1.29, 1.82) is 0 Å². The number of aliphatic carboxylic acids is 1. The minimum atomic E-state index is -0.653. The van der Waals surface area contributed by atoms with Gasteiger partial charge in [0.2, 0.25) is 0 Å². The maximum atomic E-state index is 10.3. The molecule has 22 heavy (non-hydrogen) atoms. The Morgan fingerprint density at radius 1 is 0.682 bits per heavy atom. The molecule has 0 atom stereocenters. The van der Waals surface area contributed by atoms with Gasteiger partial charge in [0.15, 0.2) is 0 Å². The fourth-order valence-electron chi connectivity index (χ4n) is 2.65. The number of unbranched alkanes of at least 4 members (excludes halogenated alkanes) is 14. The fourth-order valence-corrected chi connectivity index (χ4v) is 2.65. The van der Waals surface area contributed by atoms with Gasteiger partial charge < -0.3 is 7.96 Å². The van der Waals surface area contributed by atoms with Gasteiger partial charge >= 0.3 is 29.0 Å². The molecule has 4 heteroatoms. The molecule has 0 aliphatic heterocycles. The quantitative estimate of drug-likeness (QED) is 0.200. The maximum absolute atomic E-state index is 10.3. The van der Waals surface area contributed by atoms with Gasteiger partial charge in [-0.15, -0.1) is 0 Å². The second-order valence-corrected chi connectivity index (χ2v) is 6.09. The van der Waals surface area contributed by atoms with Crippen LogP contribution in [0.25, 0.3) is 0 Å². The Kier molecular flexibility index (Phi) is 30.6. The minimum Gasteiger partial charge on any atom is -1.00 e. The summed E-state index contributed by atoms with van der Waals surface area (Å²) < 4.78 is 0. The van der Waals surface area contributed by atoms with E-state index >= 15 is 0 Å². The Hall–Kier alpha value is 0.976. The van der Waals surface area contributed by atoms with E-state index in [1.807, 2.05) is 0 Å². The molecule has 0 saturated carbocycles. The Balaban J connectivity index is -0.000000301. The molecule has 0 amide bonds. The van der Waals surface area contributed by atoms with Crippen LogP contribution in [-0.2, 0) is 27.2 Å². The molecule has 2 nitrogen and oxygen atoms in total. The molecular formula is C18H38AuMgO2. The fraction of sp³-hybridized carbons (Fsp3) is 0.944. The predicted molar refractivity (Wildman–Crippen MR) is 95.2 cm³/mol. The molecule has 1 radical (unpaired) electrons. The number of carboxylic acids is 1. The van der Waals surface area contributed by atoms with Crippen LogP contribution in [0.3, 0.4) is 0 Å². The summed E-state index contributed by atoms with van der Waals surface area (Å²) >= 11 is 0. The van der Waals surface area contributed by atoms with Gasteiger partial charge in [-0.1, -0.05) is 96.8 Å². The first-order chi connectivity index (χ1) is 9.77. The van der Waals surface area contributed by atoms with Crippen LogP contribution < -0.4 is 0 Å². The molecule has 0 aromatic heterocycles. The first-order valence-corrected chi connectivity index (χ1v) is 8.99. The Morgan fingerprint density at radius 2 is 0.955 bits per heavy atom. The van der Waals surface area contributed by atoms with Gasteiger partial charge in [0, 0.05) is 28.8 Å². The second kappa shape index (κ2) is 24.2. The zero-order valence-corrected chi connectivity index (χ0v) is 18.3. The van der Waals surface area contributed by atoms with Crippen LogP contribution in [0.1, 0.15) is 113 Å². The van der Waals surface area contributed by atoms with Crippen molar-refractivity contribution in [1.82, 2.24) is 0 Å². The van der Waals surface area contributed by atoms with Crippen molar-refractivity contribution in [2.45, 2.75) is 110 Å². The molecule has 135 valence electrons. The first kappa shape index (κ1) is 27.8. The maximum Gasteiger partial charge on any atom is 2.00 e. The molecule has 0 spiro atoms. The van der Waals surface area contributed by atoms with E-state index in [1.165, 1.54) is 83.5 Å². The molecule has 0 aromatic rings. The summed E-state index contributed by atoms with van der Waals surface area (Å²) in [4.78, 5) is 10.3. The minimum absolute atomic E-state index is 0. The summed E-state index contributed by atoms with van der Waals surface area (Å²) in [6.45, 7) is 2.27. The summed E-state index contributed by atoms with van der Waals surface area (Å²) in [6, 6.07) is 0. The van der Waals surface area contributed by atoms with Crippen molar-refractivity contribution in [2.75, 3.05) is 0 Å². The zero-order chi connectivity index (χ0) is 14.9. The van der Waals surface area contributed by atoms with E-state index in [1.54, 1.807) is 0 Å². The smallest absolute Gasteiger partial charge is 1.00 e. The molecule has 0 heterocycles. The van der Waals surface area contributed by atoms with Gasteiger partial charge in [-0.2, -0.15) is 0 Å². The van der Waals surface area contributed by atoms with E-state index in [0.717, 1.165) is 12.8 Å². The van der Waals surface area contributed by atoms with E-state index in [2.05, 4.69) is 6.92 Å². The van der Waals surface area contributed by atoms with Gasteiger partial charge in [0.25, 0.3) is 0 Å². The number of carboxylic acid groups (broad SMARTS) is 1. The molecule has 0 bridgehead atoms. The van der Waals surface area contributed by atoms with E-state index in [-0.39, 0.29) is 48.3 Å². The van der Waals surface area contributed by atoms with Crippen molar-refractivity contribution in [3.8, 4) is 0 Å². The normalized spacial score (nSPS) is 9.86. The molecule has 0 aliphatic carbocycles. The van der Waals surface area contributed by atoms with Crippen LogP contribution in [0.15, 0.2) is 0 Å². The van der Waals surface area contributed by atoms with Crippen molar-refractivity contribution >= 4 is 29.0 Å². The van der Waals surface area contributed by atoms with Gasteiger partial charge in [0.1, 0.15) is 0 Å². The standard InChI is InChI=1S/C18H36O2.Au.Mg.2H/c1-2-3-4-5-6-7-8-9-10-11-12-13-14-15-16-17-18(19)20;;;;/h2-17H2,1H3,(H,19,20);;;;/q;;+2;2*-1. The van der Waals surface area contributed by atoms with Crippen molar-refractivity contribution in [3.63, 3.8) is 0 Å². The zero-order valence-electron chi connectivity index (χ0n) is 16.7. The van der Waals surface area contributed by atoms with Gasteiger partial charge in [-0.25, -0.2) is 0 Å². The summed E-state index contributed by atoms with van der Waals surface area (Å²) in [5.41, 5.74) is 0. The van der Waals surface area contributed by atoms with E-state index in [9.17, 15) is 4.79 Å².